The van der Waals surface area contributed by atoms with Crippen molar-refractivity contribution in [2.75, 3.05) is 37.7 Å². The van der Waals surface area contributed by atoms with Gasteiger partial charge in [0.25, 0.3) is 0 Å². The van der Waals surface area contributed by atoms with E-state index in [4.69, 9.17) is 4.99 Å². The van der Waals surface area contributed by atoms with Crippen molar-refractivity contribution in [2.24, 2.45) is 16.8 Å². The van der Waals surface area contributed by atoms with Gasteiger partial charge in [0.1, 0.15) is 5.82 Å². The SMILES string of the molecule is CCCC(CCO)CNC(=NCc1ccc(N2CCC(C)CC2)nc1)NCC. The lowest BCUT2D eigenvalue weighted by molar-refractivity contribution is 0.251. The van der Waals surface area contributed by atoms with Crippen LogP contribution in [0, 0.1) is 11.8 Å². The maximum Gasteiger partial charge on any atom is 0.191 e. The summed E-state index contributed by atoms with van der Waals surface area (Å²) in [5.41, 5.74) is 1.12. The molecule has 3 N–H and O–H groups in total. The van der Waals surface area contributed by atoms with E-state index in [9.17, 15) is 5.11 Å². The Kier molecular flexibility index (Phi) is 10.1. The van der Waals surface area contributed by atoms with Crippen LogP contribution in [-0.2, 0) is 6.54 Å². The fraction of sp³-hybridized carbons (Fsp3) is 0.727. The average molecular weight is 390 g/mol. The Morgan fingerprint density at radius 1 is 1.25 bits per heavy atom. The van der Waals surface area contributed by atoms with Crippen LogP contribution in [0.5, 0.6) is 0 Å². The zero-order valence-corrected chi connectivity index (χ0v) is 18.0. The van der Waals surface area contributed by atoms with Crippen molar-refractivity contribution >= 4 is 11.8 Å². The van der Waals surface area contributed by atoms with Crippen LogP contribution in [0.3, 0.4) is 0 Å². The molecule has 2 rings (SSSR count). The zero-order chi connectivity index (χ0) is 20.2. The van der Waals surface area contributed by atoms with Crippen LogP contribution >= 0.6 is 0 Å². The molecule has 6 heteroatoms. The predicted molar refractivity (Wildman–Crippen MR) is 118 cm³/mol. The lowest BCUT2D eigenvalue weighted by atomic mass is 9.99. The van der Waals surface area contributed by atoms with Crippen LogP contribution in [0.15, 0.2) is 23.3 Å². The van der Waals surface area contributed by atoms with Crippen molar-refractivity contribution in [3.8, 4) is 0 Å². The van der Waals surface area contributed by atoms with E-state index in [1.165, 1.54) is 12.8 Å². The molecular formula is C22H39N5O. The number of aliphatic hydroxyl groups is 1. The van der Waals surface area contributed by atoms with Gasteiger partial charge in [0.15, 0.2) is 5.96 Å². The number of piperidine rings is 1. The molecule has 1 aliphatic rings. The summed E-state index contributed by atoms with van der Waals surface area (Å²) in [6.45, 7) is 11.3. The number of hydrogen-bond acceptors (Lipinski definition) is 4. The second-order valence-electron chi connectivity index (χ2n) is 7.94. The molecule has 1 unspecified atom stereocenters. The normalized spacial score (nSPS) is 16.9. The lowest BCUT2D eigenvalue weighted by Crippen LogP contribution is -2.40. The number of guanidine groups is 1. The maximum atomic E-state index is 9.23. The van der Waals surface area contributed by atoms with Gasteiger partial charge >= 0.3 is 0 Å². The second-order valence-corrected chi connectivity index (χ2v) is 7.94. The van der Waals surface area contributed by atoms with Crippen molar-refractivity contribution < 1.29 is 5.11 Å². The fourth-order valence-electron chi connectivity index (χ4n) is 3.63. The Morgan fingerprint density at radius 3 is 2.64 bits per heavy atom. The van der Waals surface area contributed by atoms with Gasteiger partial charge in [0.05, 0.1) is 6.54 Å². The minimum absolute atomic E-state index is 0.244. The van der Waals surface area contributed by atoms with Gasteiger partial charge in [-0.1, -0.05) is 26.3 Å². The molecule has 0 aromatic carbocycles. The molecule has 1 aromatic heterocycles. The van der Waals surface area contributed by atoms with Crippen LogP contribution in [0.4, 0.5) is 5.82 Å². The van der Waals surface area contributed by atoms with Crippen LogP contribution in [0.2, 0.25) is 0 Å². The first kappa shape index (κ1) is 22.5. The summed E-state index contributed by atoms with van der Waals surface area (Å²) in [5.74, 6) is 3.22. The van der Waals surface area contributed by atoms with E-state index in [-0.39, 0.29) is 6.61 Å². The summed E-state index contributed by atoms with van der Waals surface area (Å²) in [5, 5.41) is 16.0. The van der Waals surface area contributed by atoms with E-state index in [1.807, 2.05) is 6.20 Å². The first-order valence-electron chi connectivity index (χ1n) is 11.0. The molecular weight excluding hydrogens is 350 g/mol. The molecule has 0 radical (unpaired) electrons. The lowest BCUT2D eigenvalue weighted by Gasteiger charge is -2.31. The van der Waals surface area contributed by atoms with Crippen molar-refractivity contribution in [3.63, 3.8) is 0 Å². The van der Waals surface area contributed by atoms with E-state index in [1.54, 1.807) is 0 Å². The van der Waals surface area contributed by atoms with E-state index in [0.717, 1.165) is 68.7 Å². The number of aliphatic hydroxyl groups excluding tert-OH is 1. The highest BCUT2D eigenvalue weighted by atomic mass is 16.3. The first-order chi connectivity index (χ1) is 13.7. The third-order valence-electron chi connectivity index (χ3n) is 5.47. The van der Waals surface area contributed by atoms with Gasteiger partial charge in [0.2, 0.25) is 0 Å². The standard InChI is InChI=1S/C22H39N5O/c1-4-6-19(11-14-28)15-25-22(23-5-2)26-17-20-7-8-21(24-16-20)27-12-9-18(3)10-13-27/h7-8,16,18-19,28H,4-6,9-15,17H2,1-3H3,(H2,23,25,26). The van der Waals surface area contributed by atoms with Crippen LogP contribution in [0.25, 0.3) is 0 Å². The minimum atomic E-state index is 0.244. The Bertz CT molecular complexity index is 561. The monoisotopic (exact) mass is 389 g/mol. The molecule has 1 fully saturated rings. The van der Waals surface area contributed by atoms with Crippen molar-refractivity contribution in [1.29, 1.82) is 0 Å². The molecule has 0 spiro atoms. The number of rotatable bonds is 10. The van der Waals surface area contributed by atoms with Gasteiger partial charge in [-0.05, 0) is 56.1 Å². The zero-order valence-electron chi connectivity index (χ0n) is 18.0. The number of hydrogen-bond donors (Lipinski definition) is 3. The van der Waals surface area contributed by atoms with E-state index < -0.39 is 0 Å². The van der Waals surface area contributed by atoms with E-state index in [0.29, 0.717) is 12.5 Å². The third-order valence-corrected chi connectivity index (χ3v) is 5.47. The molecule has 158 valence electrons. The molecule has 0 aliphatic carbocycles. The molecule has 0 amide bonds. The summed E-state index contributed by atoms with van der Waals surface area (Å²) < 4.78 is 0. The maximum absolute atomic E-state index is 9.23. The summed E-state index contributed by atoms with van der Waals surface area (Å²) in [7, 11) is 0. The number of nitrogens with zero attached hydrogens (tertiary/aromatic N) is 3. The van der Waals surface area contributed by atoms with Crippen LogP contribution in [-0.4, -0.2) is 48.8 Å². The number of aliphatic imine (C=N–C) groups is 1. The van der Waals surface area contributed by atoms with Crippen molar-refractivity contribution in [1.82, 2.24) is 15.6 Å². The molecule has 2 heterocycles. The van der Waals surface area contributed by atoms with E-state index >= 15 is 0 Å². The molecule has 28 heavy (non-hydrogen) atoms. The van der Waals surface area contributed by atoms with Crippen molar-refractivity contribution in [2.45, 2.75) is 59.4 Å². The number of pyridine rings is 1. The summed E-state index contributed by atoms with van der Waals surface area (Å²) in [6, 6.07) is 4.26. The summed E-state index contributed by atoms with van der Waals surface area (Å²) >= 11 is 0. The Labute approximate surface area is 170 Å². The fourth-order valence-corrected chi connectivity index (χ4v) is 3.63. The molecule has 1 aromatic rings. The van der Waals surface area contributed by atoms with Gasteiger partial charge < -0.3 is 20.6 Å². The van der Waals surface area contributed by atoms with Gasteiger partial charge in [0, 0.05) is 39.0 Å². The predicted octanol–water partition coefficient (Wildman–Crippen LogP) is 3.17. The van der Waals surface area contributed by atoms with Gasteiger partial charge in [-0.2, -0.15) is 0 Å². The van der Waals surface area contributed by atoms with Gasteiger partial charge in [-0.3, -0.25) is 0 Å². The first-order valence-corrected chi connectivity index (χ1v) is 11.0. The second kappa shape index (κ2) is 12.6. The quantitative estimate of drug-likeness (QED) is 0.423. The smallest absolute Gasteiger partial charge is 0.191 e. The van der Waals surface area contributed by atoms with E-state index in [2.05, 4.69) is 53.4 Å². The number of anilines is 1. The molecule has 1 aliphatic heterocycles. The van der Waals surface area contributed by atoms with Crippen molar-refractivity contribution in [3.05, 3.63) is 23.9 Å². The summed E-state index contributed by atoms with van der Waals surface area (Å²) in [6.07, 6.45) is 7.54. The highest BCUT2D eigenvalue weighted by molar-refractivity contribution is 5.79. The topological polar surface area (TPSA) is 72.8 Å². The number of nitrogens with one attached hydrogen (secondary N) is 2. The Hall–Kier alpha value is -1.82. The summed E-state index contributed by atoms with van der Waals surface area (Å²) in [4.78, 5) is 11.8. The van der Waals surface area contributed by atoms with Gasteiger partial charge in [-0.15, -0.1) is 0 Å². The van der Waals surface area contributed by atoms with Gasteiger partial charge in [-0.25, -0.2) is 9.98 Å². The Balaban J connectivity index is 1.88. The highest BCUT2D eigenvalue weighted by Gasteiger charge is 2.16. The Morgan fingerprint density at radius 2 is 2.04 bits per heavy atom. The number of aromatic nitrogens is 1. The molecule has 0 saturated carbocycles. The highest BCUT2D eigenvalue weighted by Crippen LogP contribution is 2.21. The molecule has 1 atom stereocenters. The molecule has 1 saturated heterocycles. The average Bonchev–Trinajstić information content (AvgIpc) is 2.71. The van der Waals surface area contributed by atoms with Crippen LogP contribution in [0.1, 0.15) is 58.4 Å². The van der Waals surface area contributed by atoms with Crippen LogP contribution < -0.4 is 15.5 Å². The minimum Gasteiger partial charge on any atom is -0.396 e. The third kappa shape index (κ3) is 7.66. The molecule has 0 bridgehead atoms. The largest absolute Gasteiger partial charge is 0.396 e. The molecule has 6 nitrogen and oxygen atoms in total.